The standard InChI is InChI=1S/C27H25N5O4/c1-18-9-12-20(13-10-18)32(25(33)17-31-23-8-4-3-7-22(23)29-30-31)26(24-14-11-19(2)36-24)27(34)28-16-21-6-5-15-35-21/h3-15,26H,16-17H2,1-2H3,(H,28,34)/t26-/m0/s1. The first-order valence-electron chi connectivity index (χ1n) is 11.5. The summed E-state index contributed by atoms with van der Waals surface area (Å²) >= 11 is 0. The molecule has 5 aromatic rings. The number of carbonyl (C=O) groups is 2. The van der Waals surface area contributed by atoms with Gasteiger partial charge in [-0.05, 0) is 62.4 Å². The first-order valence-corrected chi connectivity index (χ1v) is 11.5. The van der Waals surface area contributed by atoms with Crippen LogP contribution < -0.4 is 10.2 Å². The van der Waals surface area contributed by atoms with Crippen LogP contribution in [0.5, 0.6) is 0 Å². The van der Waals surface area contributed by atoms with Crippen molar-refractivity contribution >= 4 is 28.5 Å². The van der Waals surface area contributed by atoms with Gasteiger partial charge in [-0.3, -0.25) is 14.5 Å². The maximum atomic E-state index is 13.9. The molecule has 0 radical (unpaired) electrons. The molecule has 3 aromatic heterocycles. The maximum absolute atomic E-state index is 13.9. The minimum atomic E-state index is -1.06. The van der Waals surface area contributed by atoms with Crippen LogP contribution in [0.2, 0.25) is 0 Å². The van der Waals surface area contributed by atoms with Gasteiger partial charge in [0, 0.05) is 5.69 Å². The summed E-state index contributed by atoms with van der Waals surface area (Å²) in [6, 6.07) is 20.8. The number of hydrogen-bond acceptors (Lipinski definition) is 6. The molecule has 2 aromatic carbocycles. The Morgan fingerprint density at radius 1 is 1.00 bits per heavy atom. The average Bonchev–Trinajstić information content (AvgIpc) is 3.64. The number of aromatic nitrogens is 3. The van der Waals surface area contributed by atoms with Crippen molar-refractivity contribution in [3.05, 3.63) is 102 Å². The molecule has 9 heteroatoms. The zero-order valence-corrected chi connectivity index (χ0v) is 19.9. The van der Waals surface area contributed by atoms with Gasteiger partial charge in [0.2, 0.25) is 5.91 Å². The van der Waals surface area contributed by atoms with Gasteiger partial charge in [-0.25, -0.2) is 4.68 Å². The lowest BCUT2D eigenvalue weighted by Crippen LogP contribution is -2.45. The van der Waals surface area contributed by atoms with Gasteiger partial charge < -0.3 is 14.2 Å². The highest BCUT2D eigenvalue weighted by molar-refractivity contribution is 6.01. The van der Waals surface area contributed by atoms with Crippen LogP contribution in [0.4, 0.5) is 5.69 Å². The second kappa shape index (κ2) is 9.91. The number of nitrogens with zero attached hydrogens (tertiary/aromatic N) is 4. The highest BCUT2D eigenvalue weighted by Gasteiger charge is 2.35. The lowest BCUT2D eigenvalue weighted by molar-refractivity contribution is -0.127. The van der Waals surface area contributed by atoms with Gasteiger partial charge in [0.05, 0.1) is 18.3 Å². The molecule has 1 atom stereocenters. The minimum Gasteiger partial charge on any atom is -0.467 e. The Hall–Kier alpha value is -4.66. The number of benzene rings is 2. The molecular formula is C27H25N5O4. The predicted octanol–water partition coefficient (Wildman–Crippen LogP) is 4.33. The molecule has 0 saturated carbocycles. The zero-order chi connectivity index (χ0) is 25.1. The van der Waals surface area contributed by atoms with Crippen molar-refractivity contribution in [2.45, 2.75) is 33.0 Å². The van der Waals surface area contributed by atoms with E-state index in [2.05, 4.69) is 15.6 Å². The molecular weight excluding hydrogens is 458 g/mol. The molecule has 3 heterocycles. The lowest BCUT2D eigenvalue weighted by atomic mass is 10.1. The number of fused-ring (bicyclic) bond motifs is 1. The van der Waals surface area contributed by atoms with E-state index in [0.717, 1.165) is 11.1 Å². The summed E-state index contributed by atoms with van der Waals surface area (Å²) in [5.74, 6) is 0.828. The molecule has 0 unspecified atom stereocenters. The Morgan fingerprint density at radius 3 is 2.53 bits per heavy atom. The van der Waals surface area contributed by atoms with Crippen LogP contribution in [0, 0.1) is 13.8 Å². The number of amides is 2. The predicted molar refractivity (Wildman–Crippen MR) is 133 cm³/mol. The van der Waals surface area contributed by atoms with Gasteiger partial charge in [0.1, 0.15) is 29.3 Å². The van der Waals surface area contributed by atoms with Crippen LogP contribution in [-0.4, -0.2) is 26.8 Å². The summed E-state index contributed by atoms with van der Waals surface area (Å²) in [4.78, 5) is 29.0. The van der Waals surface area contributed by atoms with Crippen LogP contribution in [0.15, 0.2) is 87.9 Å². The van der Waals surface area contributed by atoms with Crippen molar-refractivity contribution in [2.24, 2.45) is 0 Å². The first-order chi connectivity index (χ1) is 17.5. The normalized spacial score (nSPS) is 11.9. The molecule has 2 amide bonds. The molecule has 0 aliphatic heterocycles. The summed E-state index contributed by atoms with van der Waals surface area (Å²) in [6.07, 6.45) is 1.54. The molecule has 182 valence electrons. The minimum absolute atomic E-state index is 0.115. The number of nitrogens with one attached hydrogen (secondary N) is 1. The van der Waals surface area contributed by atoms with E-state index in [0.29, 0.717) is 28.5 Å². The molecule has 36 heavy (non-hydrogen) atoms. The van der Waals surface area contributed by atoms with E-state index in [1.54, 1.807) is 37.5 Å². The summed E-state index contributed by atoms with van der Waals surface area (Å²) in [7, 11) is 0. The van der Waals surface area contributed by atoms with Gasteiger partial charge in [0.15, 0.2) is 6.04 Å². The number of para-hydroxylation sites is 1. The fourth-order valence-corrected chi connectivity index (χ4v) is 4.04. The summed E-state index contributed by atoms with van der Waals surface area (Å²) in [5, 5.41) is 11.2. The van der Waals surface area contributed by atoms with E-state index in [1.807, 2.05) is 55.5 Å². The Morgan fingerprint density at radius 2 is 1.81 bits per heavy atom. The second-order valence-electron chi connectivity index (χ2n) is 8.48. The van der Waals surface area contributed by atoms with Gasteiger partial charge in [-0.15, -0.1) is 5.10 Å². The van der Waals surface area contributed by atoms with Crippen molar-refractivity contribution in [1.82, 2.24) is 20.3 Å². The van der Waals surface area contributed by atoms with E-state index in [9.17, 15) is 9.59 Å². The summed E-state index contributed by atoms with van der Waals surface area (Å²) in [6.45, 7) is 3.81. The van der Waals surface area contributed by atoms with Crippen LogP contribution >= 0.6 is 0 Å². The molecule has 0 aliphatic carbocycles. The maximum Gasteiger partial charge on any atom is 0.251 e. The Kier molecular flexibility index (Phi) is 6.36. The first kappa shape index (κ1) is 23.1. The Balaban J connectivity index is 1.53. The van der Waals surface area contributed by atoms with Crippen molar-refractivity contribution in [3.8, 4) is 0 Å². The van der Waals surface area contributed by atoms with Crippen LogP contribution in [0.3, 0.4) is 0 Å². The van der Waals surface area contributed by atoms with E-state index in [4.69, 9.17) is 8.83 Å². The smallest absolute Gasteiger partial charge is 0.251 e. The third-order valence-electron chi connectivity index (χ3n) is 5.84. The zero-order valence-electron chi connectivity index (χ0n) is 19.9. The SMILES string of the molecule is Cc1ccc(N(C(=O)Cn2nnc3ccccc32)[C@H](C(=O)NCc2ccco2)c2ccc(C)o2)cc1. The third kappa shape index (κ3) is 4.76. The van der Waals surface area contributed by atoms with Crippen LogP contribution in [0.1, 0.15) is 28.9 Å². The van der Waals surface area contributed by atoms with Crippen LogP contribution in [-0.2, 0) is 22.7 Å². The van der Waals surface area contributed by atoms with Crippen molar-refractivity contribution in [1.29, 1.82) is 0 Å². The van der Waals surface area contributed by atoms with Crippen molar-refractivity contribution in [3.63, 3.8) is 0 Å². The molecule has 0 saturated heterocycles. The highest BCUT2D eigenvalue weighted by Crippen LogP contribution is 2.30. The topological polar surface area (TPSA) is 106 Å². The van der Waals surface area contributed by atoms with Crippen molar-refractivity contribution in [2.75, 3.05) is 4.90 Å². The van der Waals surface area contributed by atoms with Gasteiger partial charge in [0.25, 0.3) is 5.91 Å². The van der Waals surface area contributed by atoms with Gasteiger partial charge >= 0.3 is 0 Å². The lowest BCUT2D eigenvalue weighted by Gasteiger charge is -2.30. The largest absolute Gasteiger partial charge is 0.467 e. The number of hydrogen-bond donors (Lipinski definition) is 1. The van der Waals surface area contributed by atoms with E-state index >= 15 is 0 Å². The Labute approximate surface area is 207 Å². The Bertz CT molecular complexity index is 1480. The fourth-order valence-electron chi connectivity index (χ4n) is 4.04. The summed E-state index contributed by atoms with van der Waals surface area (Å²) in [5.41, 5.74) is 2.99. The number of rotatable bonds is 8. The molecule has 9 nitrogen and oxygen atoms in total. The molecule has 0 aliphatic rings. The van der Waals surface area contributed by atoms with Gasteiger partial charge in [-0.2, -0.15) is 0 Å². The highest BCUT2D eigenvalue weighted by atomic mass is 16.3. The van der Waals surface area contributed by atoms with E-state index in [1.165, 1.54) is 9.58 Å². The fraction of sp³-hybridized carbons (Fsp3) is 0.185. The molecule has 5 rings (SSSR count). The third-order valence-corrected chi connectivity index (χ3v) is 5.84. The molecule has 1 N–H and O–H groups in total. The molecule has 0 fully saturated rings. The van der Waals surface area contributed by atoms with Crippen LogP contribution in [0.25, 0.3) is 11.0 Å². The number of furan rings is 2. The quantitative estimate of drug-likeness (QED) is 0.352. The number of carbonyl (C=O) groups excluding carboxylic acids is 2. The van der Waals surface area contributed by atoms with Gasteiger partial charge in [-0.1, -0.05) is 35.0 Å². The van der Waals surface area contributed by atoms with E-state index < -0.39 is 11.9 Å². The molecule has 0 spiro atoms. The second-order valence-corrected chi connectivity index (χ2v) is 8.48. The van der Waals surface area contributed by atoms with Crippen molar-refractivity contribution < 1.29 is 18.4 Å². The average molecular weight is 484 g/mol. The summed E-state index contributed by atoms with van der Waals surface area (Å²) < 4.78 is 12.8. The van der Waals surface area contributed by atoms with E-state index in [-0.39, 0.29) is 19.0 Å². The monoisotopic (exact) mass is 483 g/mol. The number of aryl methyl sites for hydroxylation is 2. The number of anilines is 1. The molecule has 0 bridgehead atoms.